The highest BCUT2D eigenvalue weighted by atomic mass is 35.5. The summed E-state index contributed by atoms with van der Waals surface area (Å²) in [7, 11) is 1.01. The van der Waals surface area contributed by atoms with Crippen molar-refractivity contribution < 1.29 is 22.0 Å². The molecule has 0 saturated heterocycles. The molecule has 0 aliphatic carbocycles. The number of alkyl halides is 5. The van der Waals surface area contributed by atoms with Crippen LogP contribution in [-0.2, 0) is 0 Å². The molecule has 1 rings (SSSR count). The van der Waals surface area contributed by atoms with Gasteiger partial charge in [0.05, 0.1) is 10.0 Å². The Labute approximate surface area is 110 Å². The largest absolute Gasteiger partial charge is 0.455 e. The fourth-order valence-corrected chi connectivity index (χ4v) is 1.72. The van der Waals surface area contributed by atoms with Crippen LogP contribution >= 0.6 is 23.2 Å². The predicted octanol–water partition coefficient (Wildman–Crippen LogP) is 4.45. The average Bonchev–Trinajstić information content (AvgIpc) is 2.22. The van der Waals surface area contributed by atoms with Crippen molar-refractivity contribution >= 4 is 23.2 Å². The molecule has 0 bridgehead atoms. The molecule has 0 radical (unpaired) electrons. The average molecular weight is 308 g/mol. The van der Waals surface area contributed by atoms with Crippen LogP contribution in [0.1, 0.15) is 11.6 Å². The summed E-state index contributed by atoms with van der Waals surface area (Å²) in [6, 6.07) is 0.975. The van der Waals surface area contributed by atoms with Crippen molar-refractivity contribution in [2.24, 2.45) is 0 Å². The van der Waals surface area contributed by atoms with Crippen LogP contribution in [0, 0.1) is 0 Å². The van der Waals surface area contributed by atoms with Gasteiger partial charge in [0.25, 0.3) is 0 Å². The van der Waals surface area contributed by atoms with Crippen LogP contribution in [0.5, 0.6) is 0 Å². The van der Waals surface area contributed by atoms with Crippen molar-refractivity contribution in [1.29, 1.82) is 0 Å². The zero-order valence-electron chi connectivity index (χ0n) is 8.96. The standard InChI is InChI=1S/C10H8Cl2F5N/c1-18-8(9(13,14)10(15,16)17)5-2-3-6(11)7(12)4-5/h2-4,8,18H,1H3. The van der Waals surface area contributed by atoms with Crippen molar-refractivity contribution in [1.82, 2.24) is 5.32 Å². The summed E-state index contributed by atoms with van der Waals surface area (Å²) >= 11 is 11.2. The van der Waals surface area contributed by atoms with E-state index in [2.05, 4.69) is 0 Å². The van der Waals surface area contributed by atoms with E-state index in [1.807, 2.05) is 5.32 Å². The molecule has 8 heteroatoms. The van der Waals surface area contributed by atoms with Crippen LogP contribution in [0.2, 0.25) is 10.0 Å². The second kappa shape index (κ2) is 5.19. The van der Waals surface area contributed by atoms with Gasteiger partial charge in [-0.1, -0.05) is 29.3 Å². The van der Waals surface area contributed by atoms with Gasteiger partial charge in [-0.2, -0.15) is 22.0 Å². The van der Waals surface area contributed by atoms with Crippen LogP contribution in [-0.4, -0.2) is 19.1 Å². The van der Waals surface area contributed by atoms with Crippen molar-refractivity contribution in [3.05, 3.63) is 33.8 Å². The lowest BCUT2D eigenvalue weighted by molar-refractivity contribution is -0.293. The van der Waals surface area contributed by atoms with E-state index in [9.17, 15) is 22.0 Å². The Balaban J connectivity index is 3.21. The summed E-state index contributed by atoms with van der Waals surface area (Å²) in [4.78, 5) is 0. The van der Waals surface area contributed by atoms with E-state index in [-0.39, 0.29) is 15.6 Å². The third kappa shape index (κ3) is 2.87. The predicted molar refractivity (Wildman–Crippen MR) is 59.3 cm³/mol. The molecule has 1 aromatic rings. The van der Waals surface area contributed by atoms with Gasteiger partial charge in [-0.25, -0.2) is 0 Å². The van der Waals surface area contributed by atoms with Gasteiger partial charge in [0.15, 0.2) is 0 Å². The van der Waals surface area contributed by atoms with Crippen LogP contribution < -0.4 is 5.32 Å². The molecule has 0 spiro atoms. The second-order valence-electron chi connectivity index (χ2n) is 3.52. The van der Waals surface area contributed by atoms with Gasteiger partial charge in [-0.05, 0) is 24.7 Å². The fraction of sp³-hybridized carbons (Fsp3) is 0.400. The van der Waals surface area contributed by atoms with Crippen LogP contribution in [0.25, 0.3) is 0 Å². The highest BCUT2D eigenvalue weighted by Crippen LogP contribution is 2.44. The normalized spacial score (nSPS) is 14.7. The zero-order chi connectivity index (χ0) is 14.1. The Morgan fingerprint density at radius 1 is 1.06 bits per heavy atom. The van der Waals surface area contributed by atoms with Gasteiger partial charge >= 0.3 is 12.1 Å². The number of halogens is 7. The third-order valence-electron chi connectivity index (χ3n) is 2.31. The van der Waals surface area contributed by atoms with E-state index in [1.54, 1.807) is 0 Å². The summed E-state index contributed by atoms with van der Waals surface area (Å²) < 4.78 is 63.4. The minimum absolute atomic E-state index is 0.0746. The summed E-state index contributed by atoms with van der Waals surface area (Å²) in [5.74, 6) is -4.92. The highest BCUT2D eigenvalue weighted by molar-refractivity contribution is 6.42. The topological polar surface area (TPSA) is 12.0 Å². The van der Waals surface area contributed by atoms with Gasteiger partial charge in [0.2, 0.25) is 0 Å². The Hall–Kier alpha value is -0.590. The first kappa shape index (κ1) is 15.5. The maximum Gasteiger partial charge on any atom is 0.455 e. The van der Waals surface area contributed by atoms with E-state index in [4.69, 9.17) is 23.2 Å². The third-order valence-corrected chi connectivity index (χ3v) is 3.05. The first-order chi connectivity index (χ1) is 8.11. The van der Waals surface area contributed by atoms with E-state index < -0.39 is 18.1 Å². The number of nitrogens with one attached hydrogen (secondary N) is 1. The van der Waals surface area contributed by atoms with E-state index in [1.165, 1.54) is 0 Å². The van der Waals surface area contributed by atoms with Gasteiger partial charge in [0.1, 0.15) is 6.04 Å². The van der Waals surface area contributed by atoms with Crippen molar-refractivity contribution in [3.63, 3.8) is 0 Å². The Morgan fingerprint density at radius 2 is 1.61 bits per heavy atom. The number of benzene rings is 1. The monoisotopic (exact) mass is 307 g/mol. The lowest BCUT2D eigenvalue weighted by atomic mass is 10.0. The summed E-state index contributed by atoms with van der Waals surface area (Å²) in [5, 5.41) is 1.92. The maximum atomic E-state index is 13.2. The van der Waals surface area contributed by atoms with Crippen molar-refractivity contribution in [3.8, 4) is 0 Å². The molecule has 1 atom stereocenters. The molecule has 1 N–H and O–H groups in total. The van der Waals surface area contributed by atoms with Crippen molar-refractivity contribution in [2.75, 3.05) is 7.05 Å². The molecule has 1 nitrogen and oxygen atoms in total. The van der Waals surface area contributed by atoms with Gasteiger partial charge < -0.3 is 5.32 Å². The first-order valence-electron chi connectivity index (χ1n) is 4.68. The molecule has 1 aromatic carbocycles. The Morgan fingerprint density at radius 3 is 2.00 bits per heavy atom. The smallest absolute Gasteiger partial charge is 0.308 e. The van der Waals surface area contributed by atoms with E-state index >= 15 is 0 Å². The summed E-state index contributed by atoms with van der Waals surface area (Å²) in [6.45, 7) is 0. The molecule has 0 amide bonds. The highest BCUT2D eigenvalue weighted by Gasteiger charge is 2.62. The summed E-state index contributed by atoms with van der Waals surface area (Å²) in [6.07, 6.45) is -5.66. The quantitative estimate of drug-likeness (QED) is 0.813. The summed E-state index contributed by atoms with van der Waals surface area (Å²) in [5.41, 5.74) is -0.297. The van der Waals surface area contributed by atoms with Crippen molar-refractivity contribution in [2.45, 2.75) is 18.1 Å². The number of rotatable bonds is 3. The Bertz CT molecular complexity index is 433. The molecule has 0 aromatic heterocycles. The number of hydrogen-bond donors (Lipinski definition) is 1. The molecule has 0 fully saturated rings. The van der Waals surface area contributed by atoms with Gasteiger partial charge in [-0.15, -0.1) is 0 Å². The lowest BCUT2D eigenvalue weighted by Crippen LogP contribution is -2.47. The van der Waals surface area contributed by atoms with Crippen LogP contribution in [0.4, 0.5) is 22.0 Å². The molecule has 0 saturated carbocycles. The van der Waals surface area contributed by atoms with Crippen LogP contribution in [0.3, 0.4) is 0 Å². The molecule has 0 heterocycles. The molecule has 18 heavy (non-hydrogen) atoms. The Kier molecular flexibility index (Phi) is 4.46. The molecule has 102 valence electrons. The lowest BCUT2D eigenvalue weighted by Gasteiger charge is -2.28. The maximum absolute atomic E-state index is 13.2. The van der Waals surface area contributed by atoms with Gasteiger partial charge in [-0.3, -0.25) is 0 Å². The first-order valence-corrected chi connectivity index (χ1v) is 5.43. The molecular weight excluding hydrogens is 300 g/mol. The molecular formula is C10H8Cl2F5N. The van der Waals surface area contributed by atoms with E-state index in [0.717, 1.165) is 25.2 Å². The number of hydrogen-bond acceptors (Lipinski definition) is 1. The SMILES string of the molecule is CNC(c1ccc(Cl)c(Cl)c1)C(F)(F)C(F)(F)F. The van der Waals surface area contributed by atoms with E-state index in [0.29, 0.717) is 0 Å². The molecule has 0 aliphatic heterocycles. The minimum Gasteiger partial charge on any atom is -0.308 e. The zero-order valence-corrected chi connectivity index (χ0v) is 10.5. The van der Waals surface area contributed by atoms with Crippen LogP contribution in [0.15, 0.2) is 18.2 Å². The second-order valence-corrected chi connectivity index (χ2v) is 4.33. The van der Waals surface area contributed by atoms with Gasteiger partial charge in [0, 0.05) is 0 Å². The molecule has 0 aliphatic rings. The fourth-order valence-electron chi connectivity index (χ4n) is 1.41. The molecule has 1 unspecified atom stereocenters. The minimum atomic E-state index is -5.66.